The minimum Gasteiger partial charge on any atom is -0.481 e. The Hall–Kier alpha value is -2.04. The molecule has 0 fully saturated rings. The van der Waals surface area contributed by atoms with Crippen molar-refractivity contribution in [1.82, 2.24) is 5.32 Å². The van der Waals surface area contributed by atoms with Crippen molar-refractivity contribution < 1.29 is 19.1 Å². The highest BCUT2D eigenvalue weighted by atomic mass is 16.4. The van der Waals surface area contributed by atoms with E-state index < -0.39 is 11.9 Å². The highest BCUT2D eigenvalue weighted by Crippen LogP contribution is 2.01. The fourth-order valence-corrected chi connectivity index (χ4v) is 0.944. The summed E-state index contributed by atoms with van der Waals surface area (Å²) in [6, 6.07) is 3.42. The van der Waals surface area contributed by atoms with Crippen LogP contribution in [0.4, 0.5) is 0 Å². The van der Waals surface area contributed by atoms with Crippen molar-refractivity contribution in [2.45, 2.75) is 6.92 Å². The Morgan fingerprint density at radius 2 is 2.38 bits per heavy atom. The third-order valence-electron chi connectivity index (χ3n) is 1.95. The van der Waals surface area contributed by atoms with E-state index in [0.29, 0.717) is 5.76 Å². The predicted molar refractivity (Wildman–Crippen MR) is 57.6 cm³/mol. The first-order chi connectivity index (χ1) is 7.59. The molecule has 0 saturated heterocycles. The molecule has 5 nitrogen and oxygen atoms in total. The molecule has 1 heterocycles. The molecule has 0 spiro atoms. The van der Waals surface area contributed by atoms with Crippen molar-refractivity contribution in [3.05, 3.63) is 30.2 Å². The van der Waals surface area contributed by atoms with Gasteiger partial charge in [-0.3, -0.25) is 9.59 Å². The first kappa shape index (κ1) is 12.0. The third-order valence-corrected chi connectivity index (χ3v) is 1.95. The summed E-state index contributed by atoms with van der Waals surface area (Å²) in [5, 5.41) is 11.1. The van der Waals surface area contributed by atoms with Gasteiger partial charge in [-0.25, -0.2) is 0 Å². The first-order valence-electron chi connectivity index (χ1n) is 4.82. The average Bonchev–Trinajstić information content (AvgIpc) is 2.75. The Bertz CT molecular complexity index is 381. The van der Waals surface area contributed by atoms with Crippen molar-refractivity contribution in [2.75, 3.05) is 6.54 Å². The molecule has 0 unspecified atom stereocenters. The topological polar surface area (TPSA) is 79.5 Å². The van der Waals surface area contributed by atoms with Crippen LogP contribution in [0.2, 0.25) is 0 Å². The van der Waals surface area contributed by atoms with Crippen LogP contribution in [0.5, 0.6) is 0 Å². The molecular formula is C11H13NO4. The van der Waals surface area contributed by atoms with Crippen molar-refractivity contribution in [2.24, 2.45) is 5.92 Å². The van der Waals surface area contributed by atoms with Gasteiger partial charge in [-0.05, 0) is 18.2 Å². The van der Waals surface area contributed by atoms with Crippen molar-refractivity contribution in [3.8, 4) is 0 Å². The van der Waals surface area contributed by atoms with Crippen molar-refractivity contribution in [3.63, 3.8) is 0 Å². The van der Waals surface area contributed by atoms with E-state index in [2.05, 4.69) is 5.32 Å². The van der Waals surface area contributed by atoms with E-state index >= 15 is 0 Å². The van der Waals surface area contributed by atoms with Crippen LogP contribution in [0.15, 0.2) is 28.9 Å². The number of furan rings is 1. The van der Waals surface area contributed by atoms with Crippen LogP contribution in [-0.4, -0.2) is 23.5 Å². The van der Waals surface area contributed by atoms with E-state index in [1.165, 1.54) is 25.3 Å². The maximum Gasteiger partial charge on any atom is 0.308 e. The molecule has 1 rings (SSSR count). The summed E-state index contributed by atoms with van der Waals surface area (Å²) in [5.41, 5.74) is 0. The van der Waals surface area contributed by atoms with Gasteiger partial charge in [-0.15, -0.1) is 0 Å². The molecule has 1 aromatic rings. The Morgan fingerprint density at radius 3 is 2.94 bits per heavy atom. The van der Waals surface area contributed by atoms with Gasteiger partial charge in [0.25, 0.3) is 0 Å². The lowest BCUT2D eigenvalue weighted by molar-refractivity contribution is -0.141. The number of carbonyl (C=O) groups is 2. The molecule has 2 N–H and O–H groups in total. The lowest BCUT2D eigenvalue weighted by Gasteiger charge is -2.05. The molecule has 1 amide bonds. The zero-order valence-corrected chi connectivity index (χ0v) is 8.84. The number of carboxylic acid groups (broad SMARTS) is 1. The van der Waals surface area contributed by atoms with E-state index in [0.717, 1.165) is 0 Å². The van der Waals surface area contributed by atoms with Crippen molar-refractivity contribution in [1.29, 1.82) is 0 Å². The summed E-state index contributed by atoms with van der Waals surface area (Å²) in [4.78, 5) is 21.7. The van der Waals surface area contributed by atoms with Crippen LogP contribution in [-0.2, 0) is 9.59 Å². The van der Waals surface area contributed by atoms with Gasteiger partial charge in [0.1, 0.15) is 5.76 Å². The molecule has 0 aliphatic carbocycles. The summed E-state index contributed by atoms with van der Waals surface area (Å²) >= 11 is 0. The number of carboxylic acids is 1. The summed E-state index contributed by atoms with van der Waals surface area (Å²) in [5.74, 6) is -1.30. The van der Waals surface area contributed by atoms with Crippen molar-refractivity contribution >= 4 is 18.0 Å². The largest absolute Gasteiger partial charge is 0.481 e. The summed E-state index contributed by atoms with van der Waals surface area (Å²) in [7, 11) is 0. The SMILES string of the molecule is C[C@H](CNC(=O)/C=C/c1ccco1)C(=O)O. The molecule has 86 valence electrons. The molecule has 1 aromatic heterocycles. The van der Waals surface area contributed by atoms with Gasteiger partial charge < -0.3 is 14.8 Å². The molecule has 5 heteroatoms. The normalized spacial score (nSPS) is 12.6. The number of carbonyl (C=O) groups excluding carboxylic acids is 1. The Balaban J connectivity index is 2.34. The van der Waals surface area contributed by atoms with Gasteiger partial charge in [0.2, 0.25) is 5.91 Å². The summed E-state index contributed by atoms with van der Waals surface area (Å²) < 4.78 is 4.99. The maximum atomic E-state index is 11.2. The second kappa shape index (κ2) is 5.75. The fraction of sp³-hybridized carbons (Fsp3) is 0.273. The lowest BCUT2D eigenvalue weighted by atomic mass is 10.2. The number of aliphatic carboxylic acids is 1. The van der Waals surface area contributed by atoms with Crippen LogP contribution < -0.4 is 5.32 Å². The fourth-order valence-electron chi connectivity index (χ4n) is 0.944. The van der Waals surface area contributed by atoms with Gasteiger partial charge in [0.05, 0.1) is 12.2 Å². The van der Waals surface area contributed by atoms with Gasteiger partial charge >= 0.3 is 5.97 Å². The minimum absolute atomic E-state index is 0.108. The summed E-state index contributed by atoms with van der Waals surface area (Å²) in [6.45, 7) is 1.63. The number of nitrogens with one attached hydrogen (secondary N) is 1. The second-order valence-corrected chi connectivity index (χ2v) is 3.33. The Morgan fingerprint density at radius 1 is 1.62 bits per heavy atom. The minimum atomic E-state index is -0.935. The van der Waals surface area contributed by atoms with E-state index in [-0.39, 0.29) is 12.5 Å². The van der Waals surface area contributed by atoms with Crippen LogP contribution >= 0.6 is 0 Å². The van der Waals surface area contributed by atoms with Gasteiger partial charge in [0, 0.05) is 12.6 Å². The van der Waals surface area contributed by atoms with E-state index in [9.17, 15) is 9.59 Å². The Kier molecular flexibility index (Phi) is 4.32. The second-order valence-electron chi connectivity index (χ2n) is 3.33. The molecule has 1 atom stereocenters. The first-order valence-corrected chi connectivity index (χ1v) is 4.82. The third kappa shape index (κ3) is 4.00. The molecule has 16 heavy (non-hydrogen) atoms. The number of hydrogen-bond donors (Lipinski definition) is 2. The number of rotatable bonds is 5. The summed E-state index contributed by atoms with van der Waals surface area (Å²) in [6.07, 6.45) is 4.32. The van der Waals surface area contributed by atoms with E-state index in [4.69, 9.17) is 9.52 Å². The zero-order valence-electron chi connectivity index (χ0n) is 8.84. The van der Waals surface area contributed by atoms with Gasteiger partial charge in [-0.1, -0.05) is 6.92 Å². The van der Waals surface area contributed by atoms with E-state index in [1.807, 2.05) is 0 Å². The monoisotopic (exact) mass is 223 g/mol. The van der Waals surface area contributed by atoms with Crippen LogP contribution in [0, 0.1) is 5.92 Å². The highest BCUT2D eigenvalue weighted by Gasteiger charge is 2.10. The van der Waals surface area contributed by atoms with Crippen LogP contribution in [0.3, 0.4) is 0 Å². The number of amides is 1. The zero-order chi connectivity index (χ0) is 12.0. The maximum absolute atomic E-state index is 11.2. The molecule has 0 aliphatic rings. The molecule has 0 radical (unpaired) electrons. The molecule has 0 aromatic carbocycles. The standard InChI is InChI=1S/C11H13NO4/c1-8(11(14)15)7-12-10(13)5-4-9-3-2-6-16-9/h2-6,8H,7H2,1H3,(H,12,13)(H,14,15)/b5-4+/t8-/m1/s1. The van der Waals surface area contributed by atoms with Crippen LogP contribution in [0.25, 0.3) is 6.08 Å². The lowest BCUT2D eigenvalue weighted by Crippen LogP contribution is -2.30. The van der Waals surface area contributed by atoms with Crippen LogP contribution in [0.1, 0.15) is 12.7 Å². The highest BCUT2D eigenvalue weighted by molar-refractivity contribution is 5.91. The number of hydrogen-bond acceptors (Lipinski definition) is 3. The quantitative estimate of drug-likeness (QED) is 0.733. The van der Waals surface area contributed by atoms with Gasteiger partial charge in [0.15, 0.2) is 0 Å². The van der Waals surface area contributed by atoms with E-state index in [1.54, 1.807) is 12.1 Å². The van der Waals surface area contributed by atoms with Gasteiger partial charge in [-0.2, -0.15) is 0 Å². The molecule has 0 bridgehead atoms. The smallest absolute Gasteiger partial charge is 0.308 e. The molecule has 0 saturated carbocycles. The Labute approximate surface area is 92.8 Å². The average molecular weight is 223 g/mol. The molecule has 0 aliphatic heterocycles. The molecular weight excluding hydrogens is 210 g/mol. The predicted octanol–water partition coefficient (Wildman–Crippen LogP) is 1.13.